The smallest absolute Gasteiger partial charge is 0.127 e. The molecule has 1 N–H and O–H groups in total. The Balaban J connectivity index is 1.46. The van der Waals surface area contributed by atoms with Crippen LogP contribution in [-0.4, -0.2) is 35.3 Å². The number of rotatable bonds is 4. The van der Waals surface area contributed by atoms with E-state index in [0.717, 1.165) is 48.1 Å². The molecule has 1 unspecified atom stereocenters. The summed E-state index contributed by atoms with van der Waals surface area (Å²) in [5.74, 6) is 0.909. The zero-order chi connectivity index (χ0) is 17.9. The number of nitrogens with zero attached hydrogens (tertiary/aromatic N) is 3. The fourth-order valence-electron chi connectivity index (χ4n) is 3.76. The molecule has 5 heteroatoms. The first-order valence-electron chi connectivity index (χ1n) is 9.02. The third-order valence-corrected chi connectivity index (χ3v) is 5.28. The van der Waals surface area contributed by atoms with Gasteiger partial charge in [-0.15, -0.1) is 0 Å². The number of para-hydroxylation sites is 1. The van der Waals surface area contributed by atoms with Crippen LogP contribution in [0, 0.1) is 5.92 Å². The molecule has 3 aromatic rings. The number of aliphatic hydroxyl groups excluding tert-OH is 1. The fraction of sp³-hybridized carbons (Fsp3) is 0.333. The molecule has 5 nitrogen and oxygen atoms in total. The lowest BCUT2D eigenvalue weighted by molar-refractivity contribution is 0.0901. The summed E-state index contributed by atoms with van der Waals surface area (Å²) in [6, 6.07) is 12.2. The standard InChI is InChI=1S/C21H23N3O2/c1-26-20-6-9-22-14-18(20)21(25)15-7-10-24(11-8-15)17-12-16-4-2-3-5-19(16)23-13-17/h2-6,9,12-15,21,25H,7-8,10-11H2,1H3. The van der Waals surface area contributed by atoms with E-state index in [-0.39, 0.29) is 5.92 Å². The number of methoxy groups -OCH3 is 1. The normalized spacial score (nSPS) is 16.6. The molecule has 26 heavy (non-hydrogen) atoms. The highest BCUT2D eigenvalue weighted by atomic mass is 16.5. The number of pyridine rings is 2. The maximum absolute atomic E-state index is 10.8. The van der Waals surface area contributed by atoms with Gasteiger partial charge in [-0.25, -0.2) is 0 Å². The molecule has 0 radical (unpaired) electrons. The second-order valence-corrected chi connectivity index (χ2v) is 6.77. The lowest BCUT2D eigenvalue weighted by Crippen LogP contribution is -2.35. The lowest BCUT2D eigenvalue weighted by atomic mass is 9.87. The fourth-order valence-corrected chi connectivity index (χ4v) is 3.76. The second kappa shape index (κ2) is 7.30. The van der Waals surface area contributed by atoms with Gasteiger partial charge in [0.05, 0.1) is 30.6 Å². The molecule has 1 aliphatic heterocycles. The Bertz CT molecular complexity index is 891. The van der Waals surface area contributed by atoms with E-state index in [4.69, 9.17) is 4.74 Å². The summed E-state index contributed by atoms with van der Waals surface area (Å²) < 4.78 is 5.37. The van der Waals surface area contributed by atoms with Gasteiger partial charge >= 0.3 is 0 Å². The second-order valence-electron chi connectivity index (χ2n) is 6.77. The van der Waals surface area contributed by atoms with E-state index in [1.165, 1.54) is 0 Å². The quantitative estimate of drug-likeness (QED) is 0.780. The molecule has 2 aromatic heterocycles. The average Bonchev–Trinajstić information content (AvgIpc) is 2.73. The van der Waals surface area contributed by atoms with E-state index >= 15 is 0 Å². The molecule has 134 valence electrons. The van der Waals surface area contributed by atoms with Crippen molar-refractivity contribution < 1.29 is 9.84 Å². The number of benzene rings is 1. The molecule has 0 spiro atoms. The minimum absolute atomic E-state index is 0.206. The van der Waals surface area contributed by atoms with Crippen LogP contribution in [0.1, 0.15) is 24.5 Å². The van der Waals surface area contributed by atoms with E-state index < -0.39 is 6.10 Å². The van der Waals surface area contributed by atoms with E-state index in [0.29, 0.717) is 5.75 Å². The van der Waals surface area contributed by atoms with Crippen molar-refractivity contribution in [3.63, 3.8) is 0 Å². The summed E-state index contributed by atoms with van der Waals surface area (Å²) in [6.45, 7) is 1.81. The van der Waals surface area contributed by atoms with E-state index in [9.17, 15) is 5.11 Å². The average molecular weight is 349 g/mol. The number of aliphatic hydroxyl groups is 1. The van der Waals surface area contributed by atoms with Crippen LogP contribution >= 0.6 is 0 Å². The highest BCUT2D eigenvalue weighted by molar-refractivity contribution is 5.81. The first-order chi connectivity index (χ1) is 12.8. The number of anilines is 1. The Morgan fingerprint density at radius 2 is 1.96 bits per heavy atom. The highest BCUT2D eigenvalue weighted by Crippen LogP contribution is 2.36. The van der Waals surface area contributed by atoms with Crippen LogP contribution < -0.4 is 9.64 Å². The molecule has 4 rings (SSSR count). The molecule has 1 saturated heterocycles. The van der Waals surface area contributed by atoms with Gasteiger partial charge < -0.3 is 14.7 Å². The van der Waals surface area contributed by atoms with Crippen LogP contribution in [0.4, 0.5) is 5.69 Å². The Morgan fingerprint density at radius 1 is 1.15 bits per heavy atom. The third kappa shape index (κ3) is 3.22. The molecule has 0 aliphatic carbocycles. The zero-order valence-electron chi connectivity index (χ0n) is 14.9. The predicted octanol–water partition coefficient (Wildman–Crippen LogP) is 3.59. The predicted molar refractivity (Wildman–Crippen MR) is 102 cm³/mol. The lowest BCUT2D eigenvalue weighted by Gasteiger charge is -2.35. The SMILES string of the molecule is COc1ccncc1C(O)C1CCN(c2cnc3ccccc3c2)CC1. The zero-order valence-corrected chi connectivity index (χ0v) is 14.9. The van der Waals surface area contributed by atoms with Gasteiger partial charge in [0, 0.05) is 36.4 Å². The van der Waals surface area contributed by atoms with Gasteiger partial charge in [-0.1, -0.05) is 18.2 Å². The van der Waals surface area contributed by atoms with Gasteiger partial charge in [0.1, 0.15) is 5.75 Å². The first-order valence-corrected chi connectivity index (χ1v) is 9.02. The molecule has 1 aliphatic rings. The van der Waals surface area contributed by atoms with Crippen molar-refractivity contribution in [1.82, 2.24) is 9.97 Å². The maximum Gasteiger partial charge on any atom is 0.127 e. The van der Waals surface area contributed by atoms with Crippen LogP contribution in [0.3, 0.4) is 0 Å². The molecular formula is C21H23N3O2. The van der Waals surface area contributed by atoms with Crippen molar-refractivity contribution in [2.24, 2.45) is 5.92 Å². The summed E-state index contributed by atoms with van der Waals surface area (Å²) in [4.78, 5) is 11.1. The Hall–Kier alpha value is -2.66. The van der Waals surface area contributed by atoms with E-state index in [2.05, 4.69) is 27.0 Å². The molecule has 1 atom stereocenters. The van der Waals surface area contributed by atoms with Crippen molar-refractivity contribution in [3.8, 4) is 5.75 Å². The Morgan fingerprint density at radius 3 is 2.77 bits per heavy atom. The van der Waals surface area contributed by atoms with Crippen LogP contribution in [0.25, 0.3) is 10.9 Å². The summed E-state index contributed by atoms with van der Waals surface area (Å²) in [7, 11) is 1.63. The number of ether oxygens (including phenoxy) is 1. The van der Waals surface area contributed by atoms with E-state index in [1.807, 2.05) is 24.4 Å². The molecule has 1 fully saturated rings. The van der Waals surface area contributed by atoms with Gasteiger partial charge in [-0.2, -0.15) is 0 Å². The largest absolute Gasteiger partial charge is 0.496 e. The molecule has 1 aromatic carbocycles. The van der Waals surface area contributed by atoms with Gasteiger partial charge in [0.15, 0.2) is 0 Å². The van der Waals surface area contributed by atoms with Crippen LogP contribution in [0.2, 0.25) is 0 Å². The summed E-state index contributed by atoms with van der Waals surface area (Å²) in [6.07, 6.45) is 6.64. The molecule has 0 saturated carbocycles. The topological polar surface area (TPSA) is 58.5 Å². The van der Waals surface area contributed by atoms with Crippen molar-refractivity contribution in [2.75, 3.05) is 25.1 Å². The summed E-state index contributed by atoms with van der Waals surface area (Å²) in [5, 5.41) is 12.0. The number of fused-ring (bicyclic) bond motifs is 1. The minimum atomic E-state index is -0.546. The van der Waals surface area contributed by atoms with Crippen molar-refractivity contribution in [3.05, 3.63) is 60.6 Å². The molecule has 0 amide bonds. The van der Waals surface area contributed by atoms with Crippen molar-refractivity contribution >= 4 is 16.6 Å². The Kier molecular flexibility index (Phi) is 4.71. The highest BCUT2D eigenvalue weighted by Gasteiger charge is 2.28. The van der Waals surface area contributed by atoms with Gasteiger partial charge in [-0.3, -0.25) is 9.97 Å². The third-order valence-electron chi connectivity index (χ3n) is 5.28. The van der Waals surface area contributed by atoms with Crippen molar-refractivity contribution in [2.45, 2.75) is 18.9 Å². The van der Waals surface area contributed by atoms with Gasteiger partial charge in [0.2, 0.25) is 0 Å². The number of hydrogen-bond acceptors (Lipinski definition) is 5. The maximum atomic E-state index is 10.8. The monoisotopic (exact) mass is 349 g/mol. The minimum Gasteiger partial charge on any atom is -0.496 e. The first kappa shape index (κ1) is 16.8. The number of piperidine rings is 1. The molecule has 3 heterocycles. The Labute approximate surface area is 153 Å². The van der Waals surface area contributed by atoms with Gasteiger partial charge in [0.25, 0.3) is 0 Å². The molecular weight excluding hydrogens is 326 g/mol. The van der Waals surface area contributed by atoms with Crippen LogP contribution in [0.5, 0.6) is 5.75 Å². The van der Waals surface area contributed by atoms with Gasteiger partial charge in [-0.05, 0) is 37.0 Å². The number of aromatic nitrogens is 2. The number of hydrogen-bond donors (Lipinski definition) is 1. The van der Waals surface area contributed by atoms with Crippen LogP contribution in [-0.2, 0) is 0 Å². The summed E-state index contributed by atoms with van der Waals surface area (Å²) >= 11 is 0. The van der Waals surface area contributed by atoms with E-state index in [1.54, 1.807) is 25.6 Å². The van der Waals surface area contributed by atoms with Crippen LogP contribution in [0.15, 0.2) is 55.0 Å². The molecule has 0 bridgehead atoms. The summed E-state index contributed by atoms with van der Waals surface area (Å²) in [5.41, 5.74) is 2.95. The van der Waals surface area contributed by atoms with Crippen molar-refractivity contribution in [1.29, 1.82) is 0 Å².